The number of carboxylic acid groups (broad SMARTS) is 1. The Morgan fingerprint density at radius 3 is 2.31 bits per heavy atom. The zero-order valence-electron chi connectivity index (χ0n) is 22.3. The number of hydrogen-bond acceptors (Lipinski definition) is 6. The van der Waals surface area contributed by atoms with Crippen molar-refractivity contribution < 1.29 is 24.2 Å². The van der Waals surface area contributed by atoms with E-state index in [9.17, 15) is 14.7 Å². The predicted octanol–water partition coefficient (Wildman–Crippen LogP) is 5.28. The van der Waals surface area contributed by atoms with Gasteiger partial charge >= 0.3 is 5.97 Å². The molecule has 196 valence electrons. The fourth-order valence-corrected chi connectivity index (χ4v) is 5.33. The van der Waals surface area contributed by atoms with Crippen LogP contribution in [0.4, 0.5) is 0 Å². The molecule has 0 bridgehead atoms. The summed E-state index contributed by atoms with van der Waals surface area (Å²) in [5, 5.41) is 9.43. The van der Waals surface area contributed by atoms with E-state index in [-0.39, 0.29) is 17.6 Å². The number of likely N-dealkylation sites (tertiary alicyclic amines) is 1. The fourth-order valence-electron chi connectivity index (χ4n) is 4.92. The lowest BCUT2D eigenvalue weighted by Gasteiger charge is -2.25. The smallest absolute Gasteiger partial charge is 0.347 e. The van der Waals surface area contributed by atoms with E-state index in [1.165, 1.54) is 5.56 Å². The molecule has 0 aliphatic carbocycles. The first-order valence-electron chi connectivity index (χ1n) is 12.5. The Morgan fingerprint density at radius 1 is 1.11 bits per heavy atom. The number of nitrogens with zero attached hydrogens (tertiary/aromatic N) is 1. The number of ether oxygens (including phenoxy) is 2. The number of Topliss-reactive ketones (excluding diaryl/α,β-unsaturated/α-hetero) is 1. The van der Waals surface area contributed by atoms with E-state index >= 15 is 0 Å². The van der Waals surface area contributed by atoms with Crippen LogP contribution in [-0.4, -0.2) is 67.0 Å². The molecule has 1 heterocycles. The molecule has 2 atom stereocenters. The van der Waals surface area contributed by atoms with Crippen LogP contribution in [0, 0.1) is 25.7 Å². The first kappa shape index (κ1) is 28.2. The average Bonchev–Trinajstić information content (AvgIpc) is 3.26. The van der Waals surface area contributed by atoms with E-state index in [0.717, 1.165) is 54.1 Å². The highest BCUT2D eigenvalue weighted by molar-refractivity contribution is 7.98. The van der Waals surface area contributed by atoms with Gasteiger partial charge in [0.05, 0.1) is 6.61 Å². The zero-order chi connectivity index (χ0) is 26.5. The summed E-state index contributed by atoms with van der Waals surface area (Å²) in [7, 11) is 1.71. The molecule has 1 N–H and O–H groups in total. The largest absolute Gasteiger partial charge is 0.478 e. The molecular formula is C29H39NO5S. The van der Waals surface area contributed by atoms with E-state index in [1.54, 1.807) is 32.7 Å². The number of benzene rings is 2. The minimum Gasteiger partial charge on any atom is -0.478 e. The topological polar surface area (TPSA) is 76.1 Å². The number of hydrogen-bond donors (Lipinski definition) is 1. The van der Waals surface area contributed by atoms with Gasteiger partial charge < -0.3 is 19.5 Å². The van der Waals surface area contributed by atoms with Gasteiger partial charge in [0.1, 0.15) is 5.75 Å². The second-order valence-electron chi connectivity index (χ2n) is 10.2. The summed E-state index contributed by atoms with van der Waals surface area (Å²) in [6.45, 7) is 10.1. The number of aliphatic carboxylic acids is 1. The van der Waals surface area contributed by atoms with Crippen molar-refractivity contribution in [3.63, 3.8) is 0 Å². The lowest BCUT2D eigenvalue weighted by atomic mass is 9.84. The van der Waals surface area contributed by atoms with Crippen LogP contribution in [0.1, 0.15) is 47.3 Å². The maximum Gasteiger partial charge on any atom is 0.347 e. The normalized spacial score (nSPS) is 18.4. The fraction of sp³-hybridized carbons (Fsp3) is 0.517. The number of carboxylic acids is 1. The van der Waals surface area contributed by atoms with Gasteiger partial charge in [-0.05, 0) is 81.5 Å². The standard InChI is InChI=1S/C29H39NO5S/c1-19-15-21(16-20(2)27(19)35-29(3,4)28(32)33)7-8-23-17-30(13-14-34-5)18-25(23)26(31)22-9-11-24(36-6)12-10-22/h9-12,15-16,23,25H,7-8,13-14,17-18H2,1-6H3,(H,32,33)/t23-,25-/m1/s1. The number of methoxy groups -OCH3 is 1. The van der Waals surface area contributed by atoms with Gasteiger partial charge in [-0.25, -0.2) is 4.79 Å². The number of carbonyl (C=O) groups is 2. The maximum atomic E-state index is 13.5. The first-order valence-corrected chi connectivity index (χ1v) is 13.7. The number of aryl methyl sites for hydroxylation is 3. The number of ketones is 1. The summed E-state index contributed by atoms with van der Waals surface area (Å²) < 4.78 is 11.1. The van der Waals surface area contributed by atoms with Gasteiger partial charge in [-0.3, -0.25) is 4.79 Å². The molecule has 0 radical (unpaired) electrons. The second-order valence-corrected chi connectivity index (χ2v) is 11.1. The van der Waals surface area contributed by atoms with Crippen LogP contribution in [0.3, 0.4) is 0 Å². The highest BCUT2D eigenvalue weighted by Gasteiger charge is 2.37. The second kappa shape index (κ2) is 12.3. The van der Waals surface area contributed by atoms with Crippen molar-refractivity contribution in [1.82, 2.24) is 4.90 Å². The summed E-state index contributed by atoms with van der Waals surface area (Å²) in [5.74, 6) is 0.0720. The summed E-state index contributed by atoms with van der Waals surface area (Å²) in [5.41, 5.74) is 2.51. The van der Waals surface area contributed by atoms with E-state index in [0.29, 0.717) is 12.4 Å². The van der Waals surface area contributed by atoms with Gasteiger partial charge in [0, 0.05) is 43.1 Å². The monoisotopic (exact) mass is 513 g/mol. The molecule has 0 aromatic heterocycles. The van der Waals surface area contributed by atoms with E-state index in [2.05, 4.69) is 17.0 Å². The molecule has 1 fully saturated rings. The Labute approximate surface area is 219 Å². The van der Waals surface area contributed by atoms with Gasteiger partial charge in [0.2, 0.25) is 0 Å². The van der Waals surface area contributed by atoms with Gasteiger partial charge in [0.25, 0.3) is 0 Å². The summed E-state index contributed by atoms with van der Waals surface area (Å²) in [4.78, 5) is 28.5. The van der Waals surface area contributed by atoms with Gasteiger partial charge in [-0.15, -0.1) is 11.8 Å². The third-order valence-corrected chi connectivity index (χ3v) is 7.78. The van der Waals surface area contributed by atoms with Crippen LogP contribution in [0.15, 0.2) is 41.3 Å². The highest BCUT2D eigenvalue weighted by Crippen LogP contribution is 2.33. The van der Waals surface area contributed by atoms with Crippen LogP contribution in [-0.2, 0) is 16.0 Å². The number of carbonyl (C=O) groups excluding carboxylic acids is 1. The molecule has 6 nitrogen and oxygen atoms in total. The Bertz CT molecular complexity index is 1040. The molecule has 1 aliphatic rings. The summed E-state index contributed by atoms with van der Waals surface area (Å²) in [6.07, 6.45) is 3.79. The van der Waals surface area contributed by atoms with Gasteiger partial charge in [-0.1, -0.05) is 24.3 Å². The van der Waals surface area contributed by atoms with Crippen LogP contribution in [0.25, 0.3) is 0 Å². The quantitative estimate of drug-likeness (QED) is 0.306. The van der Waals surface area contributed by atoms with Crippen molar-refractivity contribution in [1.29, 1.82) is 0 Å². The van der Waals surface area contributed by atoms with Crippen LogP contribution in [0.2, 0.25) is 0 Å². The molecule has 0 unspecified atom stereocenters. The third kappa shape index (κ3) is 6.90. The molecular weight excluding hydrogens is 474 g/mol. The lowest BCUT2D eigenvalue weighted by molar-refractivity contribution is -0.152. The Morgan fingerprint density at radius 2 is 1.75 bits per heavy atom. The maximum absolute atomic E-state index is 13.5. The SMILES string of the molecule is COCCN1C[C@@H](CCc2cc(C)c(OC(C)(C)C(=O)O)c(C)c2)[C@H](C(=O)c2ccc(SC)cc2)C1. The van der Waals surface area contributed by atoms with Crippen molar-refractivity contribution in [3.05, 3.63) is 58.7 Å². The number of rotatable bonds is 12. The molecule has 0 amide bonds. The molecule has 1 aliphatic heterocycles. The third-order valence-electron chi connectivity index (χ3n) is 7.04. The average molecular weight is 514 g/mol. The minimum atomic E-state index is -1.30. The van der Waals surface area contributed by atoms with E-state index in [4.69, 9.17) is 9.47 Å². The van der Waals surface area contributed by atoms with Crippen LogP contribution >= 0.6 is 11.8 Å². The zero-order valence-corrected chi connectivity index (χ0v) is 23.1. The van der Waals surface area contributed by atoms with Crippen molar-refractivity contribution in [2.24, 2.45) is 11.8 Å². The summed E-state index contributed by atoms with van der Waals surface area (Å²) >= 11 is 1.67. The van der Waals surface area contributed by atoms with Crippen LogP contribution in [0.5, 0.6) is 5.75 Å². The van der Waals surface area contributed by atoms with E-state index < -0.39 is 11.6 Å². The molecule has 2 aromatic carbocycles. The Balaban J connectivity index is 1.74. The van der Waals surface area contributed by atoms with Crippen molar-refractivity contribution in [2.45, 2.75) is 51.0 Å². The lowest BCUT2D eigenvalue weighted by Crippen LogP contribution is -2.38. The molecule has 7 heteroatoms. The van der Waals surface area contributed by atoms with Crippen molar-refractivity contribution in [3.8, 4) is 5.75 Å². The van der Waals surface area contributed by atoms with E-state index in [1.807, 2.05) is 44.4 Å². The Hall–Kier alpha value is -2.35. The molecule has 0 saturated carbocycles. The molecule has 0 spiro atoms. The highest BCUT2D eigenvalue weighted by atomic mass is 32.2. The molecule has 2 aromatic rings. The summed E-state index contributed by atoms with van der Waals surface area (Å²) in [6, 6.07) is 12.1. The number of thioether (sulfide) groups is 1. The van der Waals surface area contributed by atoms with Gasteiger partial charge in [0.15, 0.2) is 11.4 Å². The van der Waals surface area contributed by atoms with Gasteiger partial charge in [-0.2, -0.15) is 0 Å². The first-order chi connectivity index (χ1) is 17.1. The molecule has 36 heavy (non-hydrogen) atoms. The van der Waals surface area contributed by atoms with Crippen molar-refractivity contribution in [2.75, 3.05) is 39.6 Å². The predicted molar refractivity (Wildman–Crippen MR) is 144 cm³/mol. The molecule has 1 saturated heterocycles. The Kier molecular flexibility index (Phi) is 9.61. The van der Waals surface area contributed by atoms with Crippen LogP contribution < -0.4 is 4.74 Å². The minimum absolute atomic E-state index is 0.0387. The molecule has 3 rings (SSSR count). The van der Waals surface area contributed by atoms with Crippen molar-refractivity contribution >= 4 is 23.5 Å².